The highest BCUT2D eigenvalue weighted by Gasteiger charge is 2.21. The molecule has 0 saturated heterocycles. The molecule has 0 unspecified atom stereocenters. The molecule has 2 aliphatic rings. The fraction of sp³-hybridized carbons (Fsp3) is 0.577. The van der Waals surface area contributed by atoms with Crippen LogP contribution in [0.4, 0.5) is 0 Å². The van der Waals surface area contributed by atoms with Crippen molar-refractivity contribution < 1.29 is 0 Å². The standard InChI is InChI=1S/C26H33N/c1-2-5-21-8-10-22(11-9-21)6-3-4-7-23-12-16-25(17-13-23)26-18-14-24(20-27)15-19-26/h3,6,14-15,18-19,21-23,25H,2,5,8-13,16-17H2,1H3. The molecule has 0 aromatic heterocycles. The average molecular weight is 360 g/mol. The van der Waals surface area contributed by atoms with E-state index >= 15 is 0 Å². The maximum Gasteiger partial charge on any atom is 0.0991 e. The van der Waals surface area contributed by atoms with Crippen LogP contribution in [0.2, 0.25) is 0 Å². The molecular weight excluding hydrogens is 326 g/mol. The monoisotopic (exact) mass is 359 g/mol. The lowest BCUT2D eigenvalue weighted by Gasteiger charge is -2.26. The predicted octanol–water partition coefficient (Wildman–Crippen LogP) is 7.00. The molecule has 2 aliphatic carbocycles. The Hall–Kier alpha value is -1.99. The first kappa shape index (κ1) is 19.8. The molecule has 1 aromatic carbocycles. The molecule has 27 heavy (non-hydrogen) atoms. The van der Waals surface area contributed by atoms with Crippen LogP contribution in [-0.4, -0.2) is 0 Å². The fourth-order valence-corrected chi connectivity index (χ4v) is 4.83. The summed E-state index contributed by atoms with van der Waals surface area (Å²) in [7, 11) is 0. The molecule has 2 saturated carbocycles. The second-order valence-corrected chi connectivity index (χ2v) is 8.50. The average Bonchev–Trinajstić information content (AvgIpc) is 2.73. The van der Waals surface area contributed by atoms with Crippen LogP contribution in [0.5, 0.6) is 0 Å². The van der Waals surface area contributed by atoms with Gasteiger partial charge in [0, 0.05) is 5.92 Å². The molecule has 0 spiro atoms. The third-order valence-electron chi connectivity index (χ3n) is 6.57. The van der Waals surface area contributed by atoms with Crippen molar-refractivity contribution >= 4 is 0 Å². The Bertz CT molecular complexity index is 693. The molecule has 0 amide bonds. The van der Waals surface area contributed by atoms with Gasteiger partial charge in [-0.2, -0.15) is 5.26 Å². The number of hydrogen-bond acceptors (Lipinski definition) is 1. The molecule has 1 aromatic rings. The largest absolute Gasteiger partial charge is 0.192 e. The van der Waals surface area contributed by atoms with Crippen LogP contribution in [0, 0.1) is 40.9 Å². The molecule has 0 bridgehead atoms. The molecule has 1 heteroatoms. The minimum Gasteiger partial charge on any atom is -0.192 e. The van der Waals surface area contributed by atoms with E-state index in [1.807, 2.05) is 12.1 Å². The molecule has 0 heterocycles. The fourth-order valence-electron chi connectivity index (χ4n) is 4.83. The molecule has 0 radical (unpaired) electrons. The van der Waals surface area contributed by atoms with Crippen molar-refractivity contribution in [2.75, 3.05) is 0 Å². The number of allylic oxidation sites excluding steroid dienone is 2. The Kier molecular flexibility index (Phi) is 7.59. The quantitative estimate of drug-likeness (QED) is 0.531. The SMILES string of the molecule is CCCC1CCC(C=CC#CC2CCC(c3ccc(C#N)cc3)CC2)CC1. The van der Waals surface area contributed by atoms with Crippen molar-refractivity contribution in [3.05, 3.63) is 47.5 Å². The van der Waals surface area contributed by atoms with Gasteiger partial charge < -0.3 is 0 Å². The van der Waals surface area contributed by atoms with E-state index in [2.05, 4.69) is 49.1 Å². The molecule has 0 aliphatic heterocycles. The van der Waals surface area contributed by atoms with Crippen LogP contribution >= 0.6 is 0 Å². The summed E-state index contributed by atoms with van der Waals surface area (Å²) in [6, 6.07) is 10.4. The second-order valence-electron chi connectivity index (χ2n) is 8.50. The lowest BCUT2D eigenvalue weighted by molar-refractivity contribution is 0.294. The van der Waals surface area contributed by atoms with Crippen LogP contribution in [-0.2, 0) is 0 Å². The van der Waals surface area contributed by atoms with E-state index in [-0.39, 0.29) is 0 Å². The van der Waals surface area contributed by atoms with Gasteiger partial charge in [-0.1, -0.05) is 49.8 Å². The topological polar surface area (TPSA) is 23.8 Å². The van der Waals surface area contributed by atoms with Crippen LogP contribution in [0.25, 0.3) is 0 Å². The van der Waals surface area contributed by atoms with Gasteiger partial charge in [-0.15, -0.1) is 0 Å². The minimum absolute atomic E-state index is 0.560. The van der Waals surface area contributed by atoms with Crippen LogP contribution in [0.3, 0.4) is 0 Å². The third kappa shape index (κ3) is 6.01. The second kappa shape index (κ2) is 10.4. The van der Waals surface area contributed by atoms with E-state index in [0.717, 1.165) is 17.4 Å². The van der Waals surface area contributed by atoms with E-state index < -0.39 is 0 Å². The molecule has 2 fully saturated rings. The summed E-state index contributed by atoms with van der Waals surface area (Å²) < 4.78 is 0. The summed E-state index contributed by atoms with van der Waals surface area (Å²) in [5.74, 6) is 9.79. The van der Waals surface area contributed by atoms with E-state index in [4.69, 9.17) is 5.26 Å². The van der Waals surface area contributed by atoms with Crippen molar-refractivity contribution in [3.63, 3.8) is 0 Å². The summed E-state index contributed by atoms with van der Waals surface area (Å²) in [6.45, 7) is 2.30. The first-order chi connectivity index (χ1) is 13.3. The van der Waals surface area contributed by atoms with Gasteiger partial charge in [0.05, 0.1) is 11.6 Å². The zero-order chi connectivity index (χ0) is 18.9. The molecule has 0 atom stereocenters. The van der Waals surface area contributed by atoms with Crippen molar-refractivity contribution in [2.24, 2.45) is 17.8 Å². The third-order valence-corrected chi connectivity index (χ3v) is 6.57. The number of benzene rings is 1. The first-order valence-electron chi connectivity index (χ1n) is 11.0. The van der Waals surface area contributed by atoms with E-state index in [1.54, 1.807) is 0 Å². The molecule has 0 N–H and O–H groups in total. The van der Waals surface area contributed by atoms with Gasteiger partial charge in [0.2, 0.25) is 0 Å². The highest BCUT2D eigenvalue weighted by atomic mass is 14.3. The predicted molar refractivity (Wildman–Crippen MR) is 113 cm³/mol. The normalized spacial score (nSPS) is 28.3. The van der Waals surface area contributed by atoms with E-state index in [0.29, 0.717) is 11.8 Å². The lowest BCUT2D eigenvalue weighted by Crippen LogP contribution is -2.12. The Labute approximate surface area is 165 Å². The highest BCUT2D eigenvalue weighted by molar-refractivity contribution is 5.33. The van der Waals surface area contributed by atoms with Crippen molar-refractivity contribution in [3.8, 4) is 17.9 Å². The molecule has 142 valence electrons. The zero-order valence-corrected chi connectivity index (χ0v) is 16.8. The van der Waals surface area contributed by atoms with Crippen molar-refractivity contribution in [2.45, 2.75) is 77.0 Å². The summed E-state index contributed by atoms with van der Waals surface area (Å²) in [6.07, 6.45) is 17.6. The van der Waals surface area contributed by atoms with Gasteiger partial charge in [-0.25, -0.2) is 0 Å². The summed E-state index contributed by atoms with van der Waals surface area (Å²) in [5.41, 5.74) is 2.14. The Morgan fingerprint density at radius 1 is 0.963 bits per heavy atom. The van der Waals surface area contributed by atoms with Gasteiger partial charge in [0.1, 0.15) is 0 Å². The highest BCUT2D eigenvalue weighted by Crippen LogP contribution is 2.35. The van der Waals surface area contributed by atoms with E-state index in [1.165, 1.54) is 69.8 Å². The summed E-state index contributed by atoms with van der Waals surface area (Å²) in [5, 5.41) is 8.92. The first-order valence-corrected chi connectivity index (χ1v) is 11.0. The van der Waals surface area contributed by atoms with Gasteiger partial charge in [-0.05, 0) is 92.9 Å². The summed E-state index contributed by atoms with van der Waals surface area (Å²) >= 11 is 0. The van der Waals surface area contributed by atoms with E-state index in [9.17, 15) is 0 Å². The maximum absolute atomic E-state index is 8.92. The maximum atomic E-state index is 8.92. The van der Waals surface area contributed by atoms with Crippen LogP contribution in [0.15, 0.2) is 36.4 Å². The molecule has 1 nitrogen and oxygen atoms in total. The lowest BCUT2D eigenvalue weighted by atomic mass is 9.79. The van der Waals surface area contributed by atoms with Crippen LogP contribution in [0.1, 0.15) is 88.2 Å². The Morgan fingerprint density at radius 3 is 2.30 bits per heavy atom. The van der Waals surface area contributed by atoms with Gasteiger partial charge in [0.15, 0.2) is 0 Å². The number of nitrogens with zero attached hydrogens (tertiary/aromatic N) is 1. The van der Waals surface area contributed by atoms with Crippen LogP contribution < -0.4 is 0 Å². The number of nitriles is 1. The number of hydrogen-bond donors (Lipinski definition) is 0. The van der Waals surface area contributed by atoms with Crippen molar-refractivity contribution in [1.29, 1.82) is 5.26 Å². The van der Waals surface area contributed by atoms with Crippen molar-refractivity contribution in [1.82, 2.24) is 0 Å². The smallest absolute Gasteiger partial charge is 0.0991 e. The number of rotatable bonds is 4. The Balaban J connectivity index is 1.40. The minimum atomic E-state index is 0.560. The van der Waals surface area contributed by atoms with Gasteiger partial charge >= 0.3 is 0 Å². The van der Waals surface area contributed by atoms with Gasteiger partial charge in [0.25, 0.3) is 0 Å². The van der Waals surface area contributed by atoms with Gasteiger partial charge in [-0.3, -0.25) is 0 Å². The zero-order valence-electron chi connectivity index (χ0n) is 16.8. The summed E-state index contributed by atoms with van der Waals surface area (Å²) in [4.78, 5) is 0. The molecular formula is C26H33N. The molecule has 3 rings (SSSR count). The Morgan fingerprint density at radius 2 is 1.67 bits per heavy atom.